The zero-order valence-corrected chi connectivity index (χ0v) is 6.89. The van der Waals surface area contributed by atoms with Crippen LogP contribution in [0.25, 0.3) is 0 Å². The Hall–Kier alpha value is -1.56. The Morgan fingerprint density at radius 1 is 1.31 bits per heavy atom. The maximum absolute atomic E-state index is 12.6. The Morgan fingerprint density at radius 2 is 2.08 bits per heavy atom. The highest BCUT2D eigenvalue weighted by Gasteiger charge is 2.02. The molecule has 1 aromatic carbocycles. The van der Waals surface area contributed by atoms with E-state index in [1.54, 1.807) is 0 Å². The van der Waals surface area contributed by atoms with Crippen molar-refractivity contribution in [1.29, 1.82) is 0 Å². The summed E-state index contributed by atoms with van der Waals surface area (Å²) >= 11 is 0. The van der Waals surface area contributed by atoms with E-state index in [0.29, 0.717) is 13.0 Å². The molecule has 0 heterocycles. The van der Waals surface area contributed by atoms with Gasteiger partial charge < -0.3 is 4.74 Å². The van der Waals surface area contributed by atoms with E-state index >= 15 is 0 Å². The zero-order chi connectivity index (χ0) is 9.68. The maximum atomic E-state index is 12.6. The first kappa shape index (κ1) is 9.53. The molecule has 68 valence electrons. The first-order valence-electron chi connectivity index (χ1n) is 3.75. The Morgan fingerprint density at radius 3 is 2.69 bits per heavy atom. The molecule has 0 saturated heterocycles. The Balaban J connectivity index is 2.59. The van der Waals surface area contributed by atoms with Gasteiger partial charge in [0.15, 0.2) is 11.6 Å². The summed E-state index contributed by atoms with van der Waals surface area (Å²) in [6.07, 6.45) is 5.43. The van der Waals surface area contributed by atoms with E-state index < -0.39 is 11.6 Å². The molecular weight excluding hydrogens is 174 g/mol. The molecule has 0 amide bonds. The summed E-state index contributed by atoms with van der Waals surface area (Å²) in [5.41, 5.74) is 0. The molecule has 0 atom stereocenters. The highest BCUT2D eigenvalue weighted by Crippen LogP contribution is 2.15. The summed E-state index contributed by atoms with van der Waals surface area (Å²) in [6.45, 7) is 0.307. The van der Waals surface area contributed by atoms with Crippen LogP contribution in [0.4, 0.5) is 8.78 Å². The van der Waals surface area contributed by atoms with Gasteiger partial charge in [0.2, 0.25) is 0 Å². The van der Waals surface area contributed by atoms with Crippen LogP contribution in [-0.2, 0) is 0 Å². The predicted octanol–water partition coefficient (Wildman–Crippen LogP) is 2.37. The molecule has 0 unspecified atom stereocenters. The summed E-state index contributed by atoms with van der Waals surface area (Å²) in [7, 11) is 0. The summed E-state index contributed by atoms with van der Waals surface area (Å²) in [6, 6.07) is 3.36. The van der Waals surface area contributed by atoms with Gasteiger partial charge in [0.1, 0.15) is 5.75 Å². The fourth-order valence-electron chi connectivity index (χ4n) is 0.794. The summed E-state index contributed by atoms with van der Waals surface area (Å²) in [5.74, 6) is 0.854. The van der Waals surface area contributed by atoms with Crippen LogP contribution in [0.15, 0.2) is 18.2 Å². The SMILES string of the molecule is C#CCCOc1ccc(F)c(F)c1. The van der Waals surface area contributed by atoms with Gasteiger partial charge in [0, 0.05) is 12.5 Å². The van der Waals surface area contributed by atoms with Crippen molar-refractivity contribution in [3.8, 4) is 18.1 Å². The van der Waals surface area contributed by atoms with Gasteiger partial charge in [-0.05, 0) is 12.1 Å². The molecule has 13 heavy (non-hydrogen) atoms. The van der Waals surface area contributed by atoms with Gasteiger partial charge in [-0.2, -0.15) is 0 Å². The van der Waals surface area contributed by atoms with Gasteiger partial charge in [-0.3, -0.25) is 0 Å². The Bertz CT molecular complexity index is 328. The van der Waals surface area contributed by atoms with Gasteiger partial charge in [-0.25, -0.2) is 8.78 Å². The van der Waals surface area contributed by atoms with Crippen LogP contribution in [0, 0.1) is 24.0 Å². The van der Waals surface area contributed by atoms with Crippen molar-refractivity contribution in [1.82, 2.24) is 0 Å². The molecule has 0 fully saturated rings. The highest BCUT2D eigenvalue weighted by atomic mass is 19.2. The van der Waals surface area contributed by atoms with Crippen LogP contribution in [0.1, 0.15) is 6.42 Å². The lowest BCUT2D eigenvalue weighted by atomic mass is 10.3. The molecule has 0 N–H and O–H groups in total. The molecular formula is C10H8F2O. The molecule has 3 heteroatoms. The number of halogens is 2. The van der Waals surface area contributed by atoms with E-state index in [2.05, 4.69) is 5.92 Å². The van der Waals surface area contributed by atoms with Crippen LogP contribution in [0.5, 0.6) is 5.75 Å². The largest absolute Gasteiger partial charge is 0.492 e. The number of hydrogen-bond acceptors (Lipinski definition) is 1. The summed E-state index contributed by atoms with van der Waals surface area (Å²) in [4.78, 5) is 0. The second-order valence-electron chi connectivity index (χ2n) is 2.38. The highest BCUT2D eigenvalue weighted by molar-refractivity contribution is 5.23. The molecule has 0 aliphatic heterocycles. The molecule has 1 nitrogen and oxygen atoms in total. The van der Waals surface area contributed by atoms with Gasteiger partial charge in [0.25, 0.3) is 0 Å². The molecule has 1 rings (SSSR count). The van der Waals surface area contributed by atoms with Crippen molar-refractivity contribution < 1.29 is 13.5 Å². The topological polar surface area (TPSA) is 9.23 Å². The molecule has 0 bridgehead atoms. The number of ether oxygens (including phenoxy) is 1. The molecule has 0 aliphatic carbocycles. The predicted molar refractivity (Wildman–Crippen MR) is 45.3 cm³/mol. The number of terminal acetylenes is 1. The van der Waals surface area contributed by atoms with Crippen LogP contribution in [0.2, 0.25) is 0 Å². The maximum Gasteiger partial charge on any atom is 0.162 e. The number of hydrogen-bond donors (Lipinski definition) is 0. The van der Waals surface area contributed by atoms with E-state index in [1.807, 2.05) is 0 Å². The second kappa shape index (κ2) is 4.46. The van der Waals surface area contributed by atoms with Gasteiger partial charge in [-0.1, -0.05) is 0 Å². The molecule has 0 spiro atoms. The minimum absolute atomic E-state index is 0.286. The van der Waals surface area contributed by atoms with E-state index in [9.17, 15) is 8.78 Å². The minimum Gasteiger partial charge on any atom is -0.492 e. The molecule has 0 aromatic heterocycles. The van der Waals surface area contributed by atoms with Crippen LogP contribution >= 0.6 is 0 Å². The standard InChI is InChI=1S/C10H8F2O/c1-2-3-6-13-8-4-5-9(11)10(12)7-8/h1,4-5,7H,3,6H2. The zero-order valence-electron chi connectivity index (χ0n) is 6.89. The van der Waals surface area contributed by atoms with Crippen molar-refractivity contribution in [2.45, 2.75) is 6.42 Å². The first-order chi connectivity index (χ1) is 6.24. The Kier molecular flexibility index (Phi) is 3.27. The van der Waals surface area contributed by atoms with Crippen LogP contribution in [-0.4, -0.2) is 6.61 Å². The number of benzene rings is 1. The lowest BCUT2D eigenvalue weighted by molar-refractivity contribution is 0.324. The van der Waals surface area contributed by atoms with Gasteiger partial charge in [0.05, 0.1) is 6.61 Å². The fourth-order valence-corrected chi connectivity index (χ4v) is 0.794. The quantitative estimate of drug-likeness (QED) is 0.515. The fraction of sp³-hybridized carbons (Fsp3) is 0.200. The third-order valence-electron chi connectivity index (χ3n) is 1.41. The normalized spacial score (nSPS) is 9.31. The summed E-state index contributed by atoms with van der Waals surface area (Å²) in [5, 5.41) is 0. The molecule has 0 radical (unpaired) electrons. The van der Waals surface area contributed by atoms with Crippen molar-refractivity contribution in [2.75, 3.05) is 6.61 Å². The van der Waals surface area contributed by atoms with Crippen LogP contribution in [0.3, 0.4) is 0 Å². The smallest absolute Gasteiger partial charge is 0.162 e. The third kappa shape index (κ3) is 2.75. The van der Waals surface area contributed by atoms with Crippen molar-refractivity contribution >= 4 is 0 Å². The van der Waals surface area contributed by atoms with E-state index in [1.165, 1.54) is 6.07 Å². The van der Waals surface area contributed by atoms with E-state index in [4.69, 9.17) is 11.2 Å². The average Bonchev–Trinajstić information content (AvgIpc) is 2.12. The van der Waals surface area contributed by atoms with Gasteiger partial charge >= 0.3 is 0 Å². The molecule has 0 aliphatic rings. The molecule has 0 saturated carbocycles. The first-order valence-corrected chi connectivity index (χ1v) is 3.75. The van der Waals surface area contributed by atoms with E-state index in [0.717, 1.165) is 12.1 Å². The van der Waals surface area contributed by atoms with Crippen molar-refractivity contribution in [3.63, 3.8) is 0 Å². The summed E-state index contributed by atoms with van der Waals surface area (Å²) < 4.78 is 30.1. The van der Waals surface area contributed by atoms with Crippen molar-refractivity contribution in [2.24, 2.45) is 0 Å². The lowest BCUT2D eigenvalue weighted by Crippen LogP contribution is -1.96. The monoisotopic (exact) mass is 182 g/mol. The van der Waals surface area contributed by atoms with Crippen molar-refractivity contribution in [3.05, 3.63) is 29.8 Å². The minimum atomic E-state index is -0.918. The number of rotatable bonds is 3. The van der Waals surface area contributed by atoms with Crippen LogP contribution < -0.4 is 4.74 Å². The third-order valence-corrected chi connectivity index (χ3v) is 1.41. The average molecular weight is 182 g/mol. The van der Waals surface area contributed by atoms with E-state index in [-0.39, 0.29) is 5.75 Å². The Labute approximate surface area is 75.3 Å². The second-order valence-corrected chi connectivity index (χ2v) is 2.38. The molecule has 1 aromatic rings. The van der Waals surface area contributed by atoms with Gasteiger partial charge in [-0.15, -0.1) is 12.3 Å². The lowest BCUT2D eigenvalue weighted by Gasteiger charge is -2.03.